The maximum Gasteiger partial charge on any atom is 0.00779 e. The molecule has 3 aliphatic carbocycles. The smallest absolute Gasteiger partial charge is 0.00779 e. The molecule has 0 N–H and O–H groups in total. The molecule has 0 aliphatic heterocycles. The van der Waals surface area contributed by atoms with E-state index in [2.05, 4.69) is 12.1 Å². The minimum Gasteiger partial charge on any atom is -0.143 e. The van der Waals surface area contributed by atoms with Crippen LogP contribution in [0.2, 0.25) is 0 Å². The Morgan fingerprint density at radius 3 is 1.48 bits per heavy atom. The molecule has 0 radical (unpaired) electrons. The van der Waals surface area contributed by atoms with Gasteiger partial charge in [0.2, 0.25) is 0 Å². The Labute approximate surface area is 160 Å². The predicted octanol–water partition coefficient (Wildman–Crippen LogP) is 8.12. The van der Waals surface area contributed by atoms with Crippen LogP contribution in [0.15, 0.2) is 17.0 Å². The highest BCUT2D eigenvalue weighted by atomic mass is 32.1. The first kappa shape index (κ1) is 18.0. The first-order valence-corrected chi connectivity index (χ1v) is 11.6. The van der Waals surface area contributed by atoms with E-state index in [0.29, 0.717) is 0 Å². The van der Waals surface area contributed by atoms with Gasteiger partial charge >= 0.3 is 0 Å². The molecule has 0 amide bonds. The molecule has 0 aromatic heterocycles. The topological polar surface area (TPSA) is 0 Å². The van der Waals surface area contributed by atoms with E-state index < -0.39 is 0 Å². The minimum absolute atomic E-state index is 0.793. The van der Waals surface area contributed by atoms with Crippen molar-refractivity contribution >= 4 is 12.6 Å². The molecular weight excluding hydrogens is 320 g/mol. The third kappa shape index (κ3) is 3.97. The first-order valence-electron chi connectivity index (χ1n) is 11.2. The second-order valence-electron chi connectivity index (χ2n) is 9.01. The summed E-state index contributed by atoms with van der Waals surface area (Å²) in [6.45, 7) is 0. The van der Waals surface area contributed by atoms with Gasteiger partial charge in [0.05, 0.1) is 0 Å². The molecule has 0 bridgehead atoms. The highest BCUT2D eigenvalue weighted by Gasteiger charge is 2.30. The van der Waals surface area contributed by atoms with Gasteiger partial charge in [-0.2, -0.15) is 0 Å². The molecule has 0 spiro atoms. The van der Waals surface area contributed by atoms with Crippen molar-refractivity contribution in [3.63, 3.8) is 0 Å². The van der Waals surface area contributed by atoms with Crippen molar-refractivity contribution in [1.82, 2.24) is 0 Å². The second-order valence-corrected chi connectivity index (χ2v) is 9.49. The summed E-state index contributed by atoms with van der Waals surface area (Å²) in [5, 5.41) is 0. The molecule has 3 aliphatic rings. The van der Waals surface area contributed by atoms with Gasteiger partial charge in [-0.15, -0.1) is 12.6 Å². The van der Waals surface area contributed by atoms with Gasteiger partial charge < -0.3 is 0 Å². The zero-order valence-corrected chi connectivity index (χ0v) is 16.8. The lowest BCUT2D eigenvalue weighted by Gasteiger charge is -2.35. The highest BCUT2D eigenvalue weighted by molar-refractivity contribution is 7.80. The molecule has 0 saturated heterocycles. The largest absolute Gasteiger partial charge is 0.143 e. The Morgan fingerprint density at radius 2 is 0.960 bits per heavy atom. The third-order valence-electron chi connectivity index (χ3n) is 7.37. The summed E-state index contributed by atoms with van der Waals surface area (Å²) in [6.07, 6.45) is 21.5. The number of rotatable bonds is 3. The molecule has 138 valence electrons. The minimum atomic E-state index is 0.793. The van der Waals surface area contributed by atoms with Crippen molar-refractivity contribution in [2.45, 2.75) is 119 Å². The second kappa shape index (κ2) is 8.51. The van der Waals surface area contributed by atoms with Crippen LogP contribution in [0.5, 0.6) is 0 Å². The van der Waals surface area contributed by atoms with E-state index in [1.54, 1.807) is 11.1 Å². The summed E-state index contributed by atoms with van der Waals surface area (Å²) in [5.41, 5.74) is 5.27. The number of hydrogen-bond acceptors (Lipinski definition) is 1. The normalized spacial score (nSPS) is 24.5. The lowest BCUT2D eigenvalue weighted by atomic mass is 9.71. The molecule has 0 heterocycles. The molecule has 0 nitrogen and oxygen atoms in total. The lowest BCUT2D eigenvalue weighted by Crippen LogP contribution is -2.18. The monoisotopic (exact) mass is 356 g/mol. The van der Waals surface area contributed by atoms with Gasteiger partial charge in [-0.05, 0) is 79.0 Å². The van der Waals surface area contributed by atoms with E-state index in [1.165, 1.54) is 101 Å². The average molecular weight is 357 g/mol. The maximum absolute atomic E-state index is 5.01. The van der Waals surface area contributed by atoms with Crippen molar-refractivity contribution in [3.05, 3.63) is 28.8 Å². The van der Waals surface area contributed by atoms with E-state index in [4.69, 9.17) is 12.6 Å². The molecule has 25 heavy (non-hydrogen) atoms. The van der Waals surface area contributed by atoms with Crippen molar-refractivity contribution < 1.29 is 0 Å². The summed E-state index contributed by atoms with van der Waals surface area (Å²) in [5.74, 6) is 2.46. The molecule has 1 aromatic rings. The van der Waals surface area contributed by atoms with Gasteiger partial charge in [0.15, 0.2) is 0 Å². The fourth-order valence-corrected chi connectivity index (χ4v) is 6.46. The van der Waals surface area contributed by atoms with E-state index in [0.717, 1.165) is 17.8 Å². The molecule has 3 fully saturated rings. The highest BCUT2D eigenvalue weighted by Crippen LogP contribution is 2.48. The van der Waals surface area contributed by atoms with Crippen LogP contribution in [-0.4, -0.2) is 0 Å². The van der Waals surface area contributed by atoms with E-state index in [1.807, 2.05) is 5.56 Å². The zero-order valence-electron chi connectivity index (χ0n) is 15.9. The Bertz CT molecular complexity index is 558. The summed E-state index contributed by atoms with van der Waals surface area (Å²) < 4.78 is 0. The lowest BCUT2D eigenvalue weighted by molar-refractivity contribution is 0.401. The molecular formula is C24H36S. The molecule has 3 saturated carbocycles. The number of hydrogen-bond donors (Lipinski definition) is 1. The fraction of sp³-hybridized carbons (Fsp3) is 0.750. The fourth-order valence-electron chi connectivity index (χ4n) is 6.08. The van der Waals surface area contributed by atoms with Crippen LogP contribution in [0.1, 0.15) is 131 Å². The van der Waals surface area contributed by atoms with E-state index in [-0.39, 0.29) is 0 Å². The maximum atomic E-state index is 5.01. The van der Waals surface area contributed by atoms with E-state index >= 15 is 0 Å². The summed E-state index contributed by atoms with van der Waals surface area (Å²) in [4.78, 5) is 1.31. The molecule has 0 atom stereocenters. The van der Waals surface area contributed by atoms with Crippen LogP contribution < -0.4 is 0 Å². The van der Waals surface area contributed by atoms with Crippen molar-refractivity contribution in [2.75, 3.05) is 0 Å². The van der Waals surface area contributed by atoms with Crippen LogP contribution in [0.3, 0.4) is 0 Å². The van der Waals surface area contributed by atoms with Gasteiger partial charge in [0.1, 0.15) is 0 Å². The third-order valence-corrected chi connectivity index (χ3v) is 7.76. The average Bonchev–Trinajstić information content (AvgIpc) is 2.70. The quantitative estimate of drug-likeness (QED) is 0.519. The van der Waals surface area contributed by atoms with Crippen molar-refractivity contribution in [1.29, 1.82) is 0 Å². The van der Waals surface area contributed by atoms with Crippen molar-refractivity contribution in [2.24, 2.45) is 0 Å². The summed E-state index contributed by atoms with van der Waals surface area (Å²) in [7, 11) is 0. The molecule has 4 rings (SSSR count). The Morgan fingerprint density at radius 1 is 0.520 bits per heavy atom. The standard InChI is InChI=1S/C24H36S/c25-22-17-16-21(18-10-4-1-5-11-18)23(19-12-6-2-7-13-19)24(22)20-14-8-3-9-15-20/h16-20,25H,1-15H2. The zero-order chi connectivity index (χ0) is 17.1. The Hall–Kier alpha value is -0.430. The van der Waals surface area contributed by atoms with Crippen molar-refractivity contribution in [3.8, 4) is 0 Å². The Balaban J connectivity index is 1.76. The first-order chi connectivity index (χ1) is 12.3. The summed E-state index contributed by atoms with van der Waals surface area (Å²) in [6, 6.07) is 4.86. The number of benzene rings is 1. The van der Waals surface area contributed by atoms with Gasteiger partial charge in [0, 0.05) is 4.90 Å². The van der Waals surface area contributed by atoms with Crippen LogP contribution in [0.25, 0.3) is 0 Å². The Kier molecular flexibility index (Phi) is 6.11. The molecule has 1 heteroatoms. The summed E-state index contributed by atoms with van der Waals surface area (Å²) >= 11 is 5.01. The van der Waals surface area contributed by atoms with Crippen LogP contribution in [-0.2, 0) is 0 Å². The molecule has 0 unspecified atom stereocenters. The van der Waals surface area contributed by atoms with Gasteiger partial charge in [-0.3, -0.25) is 0 Å². The molecule has 1 aromatic carbocycles. The van der Waals surface area contributed by atoms with Gasteiger partial charge in [-0.1, -0.05) is 63.9 Å². The number of thiol groups is 1. The SMILES string of the molecule is Sc1ccc(C2CCCCC2)c(C2CCCCC2)c1C1CCCCC1. The predicted molar refractivity (Wildman–Crippen MR) is 111 cm³/mol. The van der Waals surface area contributed by atoms with Crippen LogP contribution in [0.4, 0.5) is 0 Å². The van der Waals surface area contributed by atoms with Crippen LogP contribution in [0, 0.1) is 0 Å². The van der Waals surface area contributed by atoms with Crippen LogP contribution >= 0.6 is 12.6 Å². The van der Waals surface area contributed by atoms with Gasteiger partial charge in [0.25, 0.3) is 0 Å². The van der Waals surface area contributed by atoms with Gasteiger partial charge in [-0.25, -0.2) is 0 Å². The van der Waals surface area contributed by atoms with E-state index in [9.17, 15) is 0 Å².